The minimum atomic E-state index is -0.610. The number of imidazole rings is 1. The molecule has 1 amide bonds. The second-order valence-electron chi connectivity index (χ2n) is 5.01. The summed E-state index contributed by atoms with van der Waals surface area (Å²) in [6, 6.07) is 5.75. The van der Waals surface area contributed by atoms with Gasteiger partial charge in [0, 0.05) is 13.2 Å². The minimum Gasteiger partial charge on any atom is -0.345 e. The maximum absolute atomic E-state index is 12.0. The van der Waals surface area contributed by atoms with Crippen molar-refractivity contribution in [1.82, 2.24) is 19.6 Å². The molecular weight excluding hydrogens is 242 g/mol. The van der Waals surface area contributed by atoms with Gasteiger partial charge in [0.2, 0.25) is 5.91 Å². The number of carbonyl (C=O) groups is 1. The summed E-state index contributed by atoms with van der Waals surface area (Å²) in [7, 11) is 1.60. The van der Waals surface area contributed by atoms with Crippen LogP contribution in [0.5, 0.6) is 0 Å². The molecule has 0 unspecified atom stereocenters. The summed E-state index contributed by atoms with van der Waals surface area (Å²) in [5.41, 5.74) is 1.11. The van der Waals surface area contributed by atoms with Gasteiger partial charge in [0.1, 0.15) is 5.65 Å². The number of pyridine rings is 1. The number of fused-ring (bicyclic) bond motifs is 1. The number of amides is 1. The number of guanidine groups is 1. The zero-order valence-electron chi connectivity index (χ0n) is 10.8. The van der Waals surface area contributed by atoms with Gasteiger partial charge in [-0.1, -0.05) is 6.07 Å². The zero-order valence-corrected chi connectivity index (χ0v) is 10.8. The molecular formula is C13H15N5O. The van der Waals surface area contributed by atoms with E-state index in [0.717, 1.165) is 11.3 Å². The number of hydrogen-bond donors (Lipinski definition) is 2. The van der Waals surface area contributed by atoms with Gasteiger partial charge in [0.15, 0.2) is 5.96 Å². The fraction of sp³-hybridized carbons (Fsp3) is 0.308. The quantitative estimate of drug-likeness (QED) is 0.798. The third kappa shape index (κ3) is 1.68. The maximum atomic E-state index is 12.0. The Labute approximate surface area is 110 Å². The third-order valence-corrected chi connectivity index (χ3v) is 3.59. The van der Waals surface area contributed by atoms with Crippen LogP contribution in [0.15, 0.2) is 30.6 Å². The summed E-state index contributed by atoms with van der Waals surface area (Å²) in [6.45, 7) is 1.92. The molecule has 1 aliphatic heterocycles. The van der Waals surface area contributed by atoms with Crippen molar-refractivity contribution in [3.63, 3.8) is 0 Å². The van der Waals surface area contributed by atoms with Crippen molar-refractivity contribution in [3.05, 3.63) is 36.3 Å². The van der Waals surface area contributed by atoms with E-state index < -0.39 is 5.54 Å². The molecule has 19 heavy (non-hydrogen) atoms. The van der Waals surface area contributed by atoms with Crippen LogP contribution in [0.4, 0.5) is 0 Å². The number of nitrogens with one attached hydrogen (secondary N) is 2. The summed E-state index contributed by atoms with van der Waals surface area (Å²) in [5.74, 6) is 0.0433. The molecule has 1 atom stereocenters. The summed E-state index contributed by atoms with van der Waals surface area (Å²) < 4.78 is 1.94. The Kier molecular flexibility index (Phi) is 2.35. The number of aromatic nitrogens is 2. The molecule has 1 saturated heterocycles. The molecule has 0 bridgehead atoms. The summed E-state index contributed by atoms with van der Waals surface area (Å²) in [5, 5.41) is 11.0. The lowest BCUT2D eigenvalue weighted by atomic mass is 9.91. The Morgan fingerprint density at radius 3 is 3.00 bits per heavy atom. The largest absolute Gasteiger partial charge is 0.345 e. The zero-order chi connectivity index (χ0) is 13.6. The van der Waals surface area contributed by atoms with Gasteiger partial charge < -0.3 is 9.72 Å². The lowest BCUT2D eigenvalue weighted by Crippen LogP contribution is -2.58. The fourth-order valence-corrected chi connectivity index (χ4v) is 2.43. The molecule has 0 spiro atoms. The van der Waals surface area contributed by atoms with Crippen LogP contribution in [0.3, 0.4) is 0 Å². The van der Waals surface area contributed by atoms with Gasteiger partial charge in [-0.15, -0.1) is 0 Å². The summed E-state index contributed by atoms with van der Waals surface area (Å²) >= 11 is 0. The Balaban J connectivity index is 2.10. The SMILES string of the molecule is CN1C(=N)N[C@](C)(c2cnc3ccccn23)CC1=O. The van der Waals surface area contributed by atoms with Crippen LogP contribution >= 0.6 is 0 Å². The van der Waals surface area contributed by atoms with Crippen molar-refractivity contribution in [2.24, 2.45) is 0 Å². The van der Waals surface area contributed by atoms with E-state index in [4.69, 9.17) is 5.41 Å². The van der Waals surface area contributed by atoms with Gasteiger partial charge >= 0.3 is 0 Å². The first kappa shape index (κ1) is 11.7. The lowest BCUT2D eigenvalue weighted by Gasteiger charge is -2.38. The van der Waals surface area contributed by atoms with Crippen LogP contribution < -0.4 is 5.32 Å². The topological polar surface area (TPSA) is 73.5 Å². The first-order valence-corrected chi connectivity index (χ1v) is 6.07. The molecule has 1 aliphatic rings. The highest BCUT2D eigenvalue weighted by molar-refractivity contribution is 5.98. The summed E-state index contributed by atoms with van der Waals surface area (Å²) in [6.07, 6.45) is 3.97. The van der Waals surface area contributed by atoms with Crippen molar-refractivity contribution in [2.75, 3.05) is 7.05 Å². The fourth-order valence-electron chi connectivity index (χ4n) is 2.43. The van der Waals surface area contributed by atoms with Crippen LogP contribution in [0.2, 0.25) is 0 Å². The van der Waals surface area contributed by atoms with Crippen molar-refractivity contribution in [1.29, 1.82) is 5.41 Å². The smallest absolute Gasteiger partial charge is 0.231 e. The molecule has 0 radical (unpaired) electrons. The van der Waals surface area contributed by atoms with Crippen LogP contribution in [-0.2, 0) is 10.3 Å². The second kappa shape index (κ2) is 3.81. The Morgan fingerprint density at radius 2 is 2.26 bits per heavy atom. The molecule has 2 aromatic rings. The van der Waals surface area contributed by atoms with Gasteiger partial charge in [-0.05, 0) is 19.1 Å². The Bertz CT molecular complexity index is 656. The van der Waals surface area contributed by atoms with E-state index in [9.17, 15) is 4.79 Å². The average molecular weight is 257 g/mol. The van der Waals surface area contributed by atoms with Crippen LogP contribution in [0.1, 0.15) is 19.0 Å². The van der Waals surface area contributed by atoms with Gasteiger partial charge in [-0.2, -0.15) is 0 Å². The maximum Gasteiger partial charge on any atom is 0.231 e. The van der Waals surface area contributed by atoms with E-state index in [1.165, 1.54) is 4.90 Å². The van der Waals surface area contributed by atoms with Crippen molar-refractivity contribution in [3.8, 4) is 0 Å². The Hall–Kier alpha value is -2.37. The van der Waals surface area contributed by atoms with E-state index in [1.807, 2.05) is 35.7 Å². The van der Waals surface area contributed by atoms with Crippen molar-refractivity contribution in [2.45, 2.75) is 18.9 Å². The van der Waals surface area contributed by atoms with Crippen molar-refractivity contribution < 1.29 is 4.79 Å². The Morgan fingerprint density at radius 1 is 1.47 bits per heavy atom. The molecule has 2 aromatic heterocycles. The first-order chi connectivity index (χ1) is 9.01. The highest BCUT2D eigenvalue weighted by Crippen LogP contribution is 2.28. The third-order valence-electron chi connectivity index (χ3n) is 3.59. The highest BCUT2D eigenvalue weighted by atomic mass is 16.2. The monoisotopic (exact) mass is 257 g/mol. The van der Waals surface area contributed by atoms with E-state index >= 15 is 0 Å². The van der Waals surface area contributed by atoms with Crippen LogP contribution in [-0.4, -0.2) is 33.2 Å². The molecule has 0 saturated carbocycles. The minimum absolute atomic E-state index is 0.0721. The number of hydrogen-bond acceptors (Lipinski definition) is 3. The lowest BCUT2D eigenvalue weighted by molar-refractivity contribution is -0.129. The average Bonchev–Trinajstić information content (AvgIpc) is 2.80. The predicted octanol–water partition coefficient (Wildman–Crippen LogP) is 0.936. The molecule has 0 aromatic carbocycles. The molecule has 6 nitrogen and oxygen atoms in total. The number of rotatable bonds is 1. The standard InChI is InChI=1S/C13H15N5O/c1-13(7-11(19)17(2)12(14)16-13)9-8-15-10-5-3-4-6-18(9)10/h3-6,8H,7H2,1-2H3,(H2,14,16)/t13-/m0/s1. The predicted molar refractivity (Wildman–Crippen MR) is 70.8 cm³/mol. The first-order valence-electron chi connectivity index (χ1n) is 6.07. The van der Waals surface area contributed by atoms with E-state index in [1.54, 1.807) is 13.2 Å². The molecule has 3 heterocycles. The van der Waals surface area contributed by atoms with Crippen LogP contribution in [0.25, 0.3) is 5.65 Å². The van der Waals surface area contributed by atoms with Gasteiger partial charge in [0.25, 0.3) is 0 Å². The molecule has 3 rings (SSSR count). The molecule has 6 heteroatoms. The van der Waals surface area contributed by atoms with Gasteiger partial charge in [-0.3, -0.25) is 15.1 Å². The van der Waals surface area contributed by atoms with Gasteiger partial charge in [-0.25, -0.2) is 4.98 Å². The number of carbonyl (C=O) groups excluding carboxylic acids is 1. The van der Waals surface area contributed by atoms with E-state index in [0.29, 0.717) is 6.42 Å². The van der Waals surface area contributed by atoms with Crippen molar-refractivity contribution >= 4 is 17.5 Å². The molecule has 1 fully saturated rings. The summed E-state index contributed by atoms with van der Waals surface area (Å²) in [4.78, 5) is 17.6. The molecule has 98 valence electrons. The second-order valence-corrected chi connectivity index (χ2v) is 5.01. The molecule has 0 aliphatic carbocycles. The highest BCUT2D eigenvalue weighted by Gasteiger charge is 2.39. The molecule has 2 N–H and O–H groups in total. The van der Waals surface area contributed by atoms with E-state index in [2.05, 4.69) is 10.3 Å². The van der Waals surface area contributed by atoms with E-state index in [-0.39, 0.29) is 11.9 Å². The number of nitrogens with zero attached hydrogens (tertiary/aromatic N) is 3. The van der Waals surface area contributed by atoms with Gasteiger partial charge in [0.05, 0.1) is 23.9 Å². The van der Waals surface area contributed by atoms with Crippen LogP contribution in [0, 0.1) is 5.41 Å². The normalized spacial score (nSPS) is 23.8.